The minimum Gasteiger partial charge on any atom is -0.479 e. The van der Waals surface area contributed by atoms with Gasteiger partial charge >= 0.3 is 5.97 Å². The van der Waals surface area contributed by atoms with E-state index in [0.717, 1.165) is 16.7 Å². The van der Waals surface area contributed by atoms with Crippen molar-refractivity contribution in [3.63, 3.8) is 0 Å². The monoisotopic (exact) mass is 358 g/mol. The van der Waals surface area contributed by atoms with Crippen molar-refractivity contribution < 1.29 is 9.90 Å². The number of benzene rings is 3. The van der Waals surface area contributed by atoms with Gasteiger partial charge in [0.05, 0.1) is 0 Å². The number of carbonyl (C=O) groups is 1. The third kappa shape index (κ3) is 3.65. The summed E-state index contributed by atoms with van der Waals surface area (Å²) in [5.41, 5.74) is 0.507. The Bertz CT molecular complexity index is 824. The molecule has 3 aromatic rings. The van der Waals surface area contributed by atoms with Gasteiger partial charge in [-0.3, -0.25) is 0 Å². The summed E-state index contributed by atoms with van der Waals surface area (Å²) in [5.74, 6) is -1.02. The molecule has 0 heterocycles. The van der Waals surface area contributed by atoms with Gasteiger partial charge in [0.2, 0.25) is 0 Å². The van der Waals surface area contributed by atoms with E-state index < -0.39 is 17.0 Å². The zero-order valence-electron chi connectivity index (χ0n) is 15.4. The Morgan fingerprint density at radius 1 is 0.667 bits per heavy atom. The van der Waals surface area contributed by atoms with Crippen LogP contribution < -0.4 is 0 Å². The van der Waals surface area contributed by atoms with E-state index >= 15 is 0 Å². The lowest BCUT2D eigenvalue weighted by molar-refractivity contribution is -0.142. The fourth-order valence-electron chi connectivity index (χ4n) is 2.95. The van der Waals surface area contributed by atoms with Gasteiger partial charge in [-0.25, -0.2) is 4.79 Å². The van der Waals surface area contributed by atoms with Gasteiger partial charge in [-0.1, -0.05) is 91.0 Å². The fraction of sp³-hybridized carbons (Fsp3) is 0.174. The molecule has 0 aliphatic carbocycles. The van der Waals surface area contributed by atoms with E-state index in [9.17, 15) is 9.90 Å². The molecule has 0 radical (unpaired) electrons. The van der Waals surface area contributed by atoms with Crippen LogP contribution in [0.1, 0.15) is 30.5 Å². The molecule has 0 aromatic heterocycles. The van der Waals surface area contributed by atoms with Crippen LogP contribution in [-0.4, -0.2) is 16.6 Å². The summed E-state index contributed by atoms with van der Waals surface area (Å²) in [6.07, 6.45) is 0. The second-order valence-electron chi connectivity index (χ2n) is 6.87. The van der Waals surface area contributed by atoms with Crippen molar-refractivity contribution in [1.82, 2.24) is 0 Å². The number of hydrogen-bond acceptors (Lipinski definition) is 3. The van der Waals surface area contributed by atoms with Gasteiger partial charge in [0, 0.05) is 0 Å². The van der Waals surface area contributed by atoms with E-state index in [4.69, 9.17) is 5.11 Å². The van der Waals surface area contributed by atoms with Crippen LogP contribution >= 0.6 is 0 Å². The Hall–Kier alpha value is -3.27. The van der Waals surface area contributed by atoms with Crippen molar-refractivity contribution in [3.05, 3.63) is 108 Å². The molecule has 0 fully saturated rings. The molecule has 4 heteroatoms. The van der Waals surface area contributed by atoms with Crippen molar-refractivity contribution in [2.24, 2.45) is 10.2 Å². The van der Waals surface area contributed by atoms with Crippen LogP contribution in [-0.2, 0) is 10.3 Å². The lowest BCUT2D eigenvalue weighted by atomic mass is 9.78. The van der Waals surface area contributed by atoms with Crippen molar-refractivity contribution in [2.75, 3.05) is 0 Å². The first kappa shape index (κ1) is 18.5. The summed E-state index contributed by atoms with van der Waals surface area (Å²) in [6.45, 7) is 3.09. The van der Waals surface area contributed by atoms with Crippen LogP contribution in [0.4, 0.5) is 0 Å². The summed E-state index contributed by atoms with van der Waals surface area (Å²) < 4.78 is 0. The Morgan fingerprint density at radius 3 is 1.30 bits per heavy atom. The molecule has 0 unspecified atom stereocenters. The molecule has 3 aromatic carbocycles. The number of carboxylic acids is 1. The Morgan fingerprint density at radius 2 is 1.00 bits per heavy atom. The lowest BCUT2D eigenvalue weighted by Gasteiger charge is -2.31. The largest absolute Gasteiger partial charge is 0.479 e. The van der Waals surface area contributed by atoms with Crippen LogP contribution in [0.3, 0.4) is 0 Å². The molecule has 1 N–H and O–H groups in total. The first-order chi connectivity index (χ1) is 13.0. The molecular weight excluding hydrogens is 336 g/mol. The average molecular weight is 358 g/mol. The minimum atomic E-state index is -1.33. The van der Waals surface area contributed by atoms with Crippen LogP contribution in [0.25, 0.3) is 0 Å². The summed E-state index contributed by atoms with van der Waals surface area (Å²) >= 11 is 0. The standard InChI is InChI=1S/C23H22N2O2/c1-22(2,21(26)27)24-25-23(18-12-6-3-7-13-18,19-14-8-4-9-15-19)20-16-10-5-11-17-20/h3-17H,1-2H3,(H,26,27). The Labute approximate surface area is 159 Å². The molecule has 0 aliphatic heterocycles. The normalized spacial score (nSPS) is 12.2. The topological polar surface area (TPSA) is 62.0 Å². The third-order valence-electron chi connectivity index (χ3n) is 4.55. The molecule has 0 aliphatic rings. The fourth-order valence-corrected chi connectivity index (χ4v) is 2.95. The molecule has 0 spiro atoms. The smallest absolute Gasteiger partial charge is 0.332 e. The SMILES string of the molecule is CC(C)(N=NC(c1ccccc1)(c1ccccc1)c1ccccc1)C(=O)O. The second kappa shape index (κ2) is 7.54. The Balaban J connectivity index is 2.33. The molecule has 0 saturated carbocycles. The molecule has 27 heavy (non-hydrogen) atoms. The van der Waals surface area contributed by atoms with E-state index in [0.29, 0.717) is 0 Å². The van der Waals surface area contributed by atoms with Crippen LogP contribution in [0, 0.1) is 0 Å². The van der Waals surface area contributed by atoms with Crippen LogP contribution in [0.5, 0.6) is 0 Å². The van der Waals surface area contributed by atoms with Crippen molar-refractivity contribution >= 4 is 5.97 Å². The first-order valence-corrected chi connectivity index (χ1v) is 8.81. The number of rotatable bonds is 6. The number of aliphatic carboxylic acids is 1. The van der Waals surface area contributed by atoms with Gasteiger partial charge in [0.1, 0.15) is 0 Å². The molecule has 0 amide bonds. The van der Waals surface area contributed by atoms with Crippen molar-refractivity contribution in [1.29, 1.82) is 0 Å². The van der Waals surface area contributed by atoms with Gasteiger partial charge in [-0.15, -0.1) is 0 Å². The minimum absolute atomic E-state index is 0.923. The highest BCUT2D eigenvalue weighted by Gasteiger charge is 2.38. The molecule has 0 atom stereocenters. The van der Waals surface area contributed by atoms with Gasteiger partial charge in [-0.05, 0) is 30.5 Å². The summed E-state index contributed by atoms with van der Waals surface area (Å²) in [7, 11) is 0. The van der Waals surface area contributed by atoms with Crippen molar-refractivity contribution in [3.8, 4) is 0 Å². The van der Waals surface area contributed by atoms with E-state index in [1.54, 1.807) is 13.8 Å². The van der Waals surface area contributed by atoms with Gasteiger partial charge in [0.25, 0.3) is 0 Å². The second-order valence-corrected chi connectivity index (χ2v) is 6.87. The molecule has 136 valence electrons. The van der Waals surface area contributed by atoms with Gasteiger partial charge in [0.15, 0.2) is 11.1 Å². The summed E-state index contributed by atoms with van der Waals surface area (Å²) in [4.78, 5) is 11.6. The summed E-state index contributed by atoms with van der Waals surface area (Å²) in [6, 6.07) is 29.5. The maximum atomic E-state index is 11.6. The predicted molar refractivity (Wildman–Crippen MR) is 106 cm³/mol. The molecular formula is C23H22N2O2. The number of hydrogen-bond donors (Lipinski definition) is 1. The molecule has 0 saturated heterocycles. The lowest BCUT2D eigenvalue weighted by Crippen LogP contribution is -2.32. The highest BCUT2D eigenvalue weighted by molar-refractivity contribution is 5.77. The average Bonchev–Trinajstić information content (AvgIpc) is 2.71. The van der Waals surface area contributed by atoms with E-state index in [2.05, 4.69) is 5.11 Å². The van der Waals surface area contributed by atoms with Crippen LogP contribution in [0.2, 0.25) is 0 Å². The number of azo groups is 1. The third-order valence-corrected chi connectivity index (χ3v) is 4.55. The maximum Gasteiger partial charge on any atom is 0.332 e. The van der Waals surface area contributed by atoms with Crippen LogP contribution in [0.15, 0.2) is 101 Å². The highest BCUT2D eigenvalue weighted by Crippen LogP contribution is 2.41. The molecule has 0 bridgehead atoms. The first-order valence-electron chi connectivity index (χ1n) is 8.81. The predicted octanol–water partition coefficient (Wildman–Crippen LogP) is 5.29. The van der Waals surface area contributed by atoms with Crippen molar-refractivity contribution in [2.45, 2.75) is 24.9 Å². The maximum absolute atomic E-state index is 11.6. The number of nitrogens with zero attached hydrogens (tertiary/aromatic N) is 2. The Kier molecular flexibility index (Phi) is 5.17. The van der Waals surface area contributed by atoms with E-state index in [1.165, 1.54) is 0 Å². The van der Waals surface area contributed by atoms with E-state index in [1.807, 2.05) is 91.0 Å². The highest BCUT2D eigenvalue weighted by atomic mass is 16.4. The molecule has 4 nitrogen and oxygen atoms in total. The van der Waals surface area contributed by atoms with Gasteiger partial charge in [-0.2, -0.15) is 10.2 Å². The number of carboxylic acid groups (broad SMARTS) is 1. The summed E-state index contributed by atoms with van der Waals surface area (Å²) in [5, 5.41) is 18.5. The van der Waals surface area contributed by atoms with E-state index in [-0.39, 0.29) is 0 Å². The van der Waals surface area contributed by atoms with Gasteiger partial charge < -0.3 is 5.11 Å². The zero-order valence-corrected chi connectivity index (χ0v) is 15.4. The molecule has 3 rings (SSSR count). The quantitative estimate of drug-likeness (QED) is 0.480. The zero-order chi connectivity index (χ0) is 19.3.